The summed E-state index contributed by atoms with van der Waals surface area (Å²) in [4.78, 5) is 0. The van der Waals surface area contributed by atoms with E-state index in [-0.39, 0.29) is 17.1 Å². The molecule has 0 radical (unpaired) electrons. The van der Waals surface area contributed by atoms with Gasteiger partial charge in [-0.05, 0) is 0 Å². The standard InChI is InChI=1S/CHClF3NO2S.ClH/c2-9(7,8)6-1(3,4)5;/h6H;1H. The topological polar surface area (TPSA) is 46.2 Å². The molecule has 3 nitrogen and oxygen atoms in total. The maximum atomic E-state index is 11.0. The van der Waals surface area contributed by atoms with Crippen molar-refractivity contribution < 1.29 is 21.6 Å². The van der Waals surface area contributed by atoms with E-state index in [9.17, 15) is 21.6 Å². The van der Waals surface area contributed by atoms with Gasteiger partial charge >= 0.3 is 15.5 Å². The van der Waals surface area contributed by atoms with Crippen molar-refractivity contribution in [2.24, 2.45) is 0 Å². The Kier molecular flexibility index (Phi) is 4.66. The molecule has 0 fully saturated rings. The van der Waals surface area contributed by atoms with Crippen LogP contribution >= 0.6 is 23.1 Å². The molecular weight excluding hydrogens is 218 g/mol. The van der Waals surface area contributed by atoms with Crippen molar-refractivity contribution in [2.45, 2.75) is 6.30 Å². The number of hydrogen-bond acceptors (Lipinski definition) is 2. The highest BCUT2D eigenvalue weighted by molar-refractivity contribution is 8.12. The van der Waals surface area contributed by atoms with Crippen LogP contribution in [0.1, 0.15) is 0 Å². The number of nitrogens with one attached hydrogen (secondary N) is 1. The molecule has 64 valence electrons. The molecule has 0 aliphatic heterocycles. The summed E-state index contributed by atoms with van der Waals surface area (Å²) in [6, 6.07) is 0. The number of hydrogen-bond donors (Lipinski definition) is 1. The summed E-state index contributed by atoms with van der Waals surface area (Å²) in [5.74, 6) is 0. The first-order chi connectivity index (χ1) is 3.71. The minimum atomic E-state index is -4.99. The quantitative estimate of drug-likeness (QED) is 0.529. The van der Waals surface area contributed by atoms with Crippen LogP contribution < -0.4 is 4.72 Å². The third-order valence-corrected chi connectivity index (χ3v) is 0.944. The molecular formula is CH2Cl2F3NO2S. The number of rotatable bonds is 1. The average molecular weight is 220 g/mol. The fraction of sp³-hybridized carbons (Fsp3) is 1.00. The van der Waals surface area contributed by atoms with Gasteiger partial charge in [0.05, 0.1) is 0 Å². The highest BCUT2D eigenvalue weighted by Crippen LogP contribution is 2.12. The molecule has 0 amide bonds. The molecule has 0 rings (SSSR count). The van der Waals surface area contributed by atoms with E-state index in [1.807, 2.05) is 0 Å². The summed E-state index contributed by atoms with van der Waals surface area (Å²) in [5.41, 5.74) is 0. The van der Waals surface area contributed by atoms with Gasteiger partial charge in [-0.3, -0.25) is 0 Å². The number of halogens is 5. The summed E-state index contributed by atoms with van der Waals surface area (Å²) in [6.45, 7) is 0. The molecule has 10 heavy (non-hydrogen) atoms. The average Bonchev–Trinajstić information content (AvgIpc) is 1.14. The fourth-order valence-corrected chi connectivity index (χ4v) is 0.677. The van der Waals surface area contributed by atoms with Crippen molar-refractivity contribution in [3.05, 3.63) is 0 Å². The molecule has 9 heteroatoms. The van der Waals surface area contributed by atoms with Crippen LogP contribution in [-0.2, 0) is 9.24 Å². The van der Waals surface area contributed by atoms with Gasteiger partial charge in [-0.2, -0.15) is 21.6 Å². The molecule has 0 unspecified atom stereocenters. The molecule has 0 aliphatic carbocycles. The maximum absolute atomic E-state index is 11.0. The van der Waals surface area contributed by atoms with Gasteiger partial charge in [0.25, 0.3) is 0 Å². The van der Waals surface area contributed by atoms with Crippen LogP contribution in [-0.4, -0.2) is 14.7 Å². The summed E-state index contributed by atoms with van der Waals surface area (Å²) in [6.07, 6.45) is -4.99. The van der Waals surface area contributed by atoms with E-state index < -0.39 is 15.5 Å². The van der Waals surface area contributed by atoms with Crippen molar-refractivity contribution in [1.29, 1.82) is 0 Å². The van der Waals surface area contributed by atoms with Crippen molar-refractivity contribution in [2.75, 3.05) is 0 Å². The fourth-order valence-electron chi connectivity index (χ4n) is 0.138. The zero-order chi connectivity index (χ0) is 7.71. The first-order valence-electron chi connectivity index (χ1n) is 1.51. The molecule has 0 atom stereocenters. The van der Waals surface area contributed by atoms with E-state index in [1.165, 1.54) is 0 Å². The van der Waals surface area contributed by atoms with Crippen LogP contribution in [0.3, 0.4) is 0 Å². The Morgan fingerprint density at radius 3 is 1.60 bits per heavy atom. The first-order valence-corrected chi connectivity index (χ1v) is 3.82. The number of alkyl halides is 3. The Labute approximate surface area is 65.5 Å². The van der Waals surface area contributed by atoms with Gasteiger partial charge in [0.1, 0.15) is 0 Å². The molecule has 1 N–H and O–H groups in total. The molecule has 0 aromatic carbocycles. The third kappa shape index (κ3) is 11.1. The van der Waals surface area contributed by atoms with E-state index in [4.69, 9.17) is 0 Å². The minimum absolute atomic E-state index is 0. The zero-order valence-electron chi connectivity index (χ0n) is 4.14. The minimum Gasteiger partial charge on any atom is -0.195 e. The van der Waals surface area contributed by atoms with Gasteiger partial charge in [0.2, 0.25) is 0 Å². The summed E-state index contributed by atoms with van der Waals surface area (Å²) < 4.78 is 52.3. The lowest BCUT2D eigenvalue weighted by Crippen LogP contribution is -2.33. The molecule has 0 bridgehead atoms. The Morgan fingerprint density at radius 2 is 1.60 bits per heavy atom. The van der Waals surface area contributed by atoms with Crippen LogP contribution in [0, 0.1) is 0 Å². The molecule has 0 aromatic heterocycles. The van der Waals surface area contributed by atoms with Gasteiger partial charge in [-0.15, -0.1) is 17.1 Å². The van der Waals surface area contributed by atoms with Gasteiger partial charge in [-0.1, -0.05) is 0 Å². The van der Waals surface area contributed by atoms with Crippen LogP contribution in [0.4, 0.5) is 13.2 Å². The molecule has 0 saturated heterocycles. The predicted molar refractivity (Wildman–Crippen MR) is 31.2 cm³/mol. The predicted octanol–water partition coefficient (Wildman–Crippen LogP) is 1.00. The normalized spacial score (nSPS) is 12.4. The van der Waals surface area contributed by atoms with Gasteiger partial charge < -0.3 is 0 Å². The summed E-state index contributed by atoms with van der Waals surface area (Å²) in [5, 5.41) is 0. The summed E-state index contributed by atoms with van der Waals surface area (Å²) in [7, 11) is -0.526. The van der Waals surface area contributed by atoms with E-state index >= 15 is 0 Å². The van der Waals surface area contributed by atoms with E-state index in [1.54, 1.807) is 0 Å². The highest BCUT2D eigenvalue weighted by Gasteiger charge is 2.32. The largest absolute Gasteiger partial charge is 0.471 e. The van der Waals surface area contributed by atoms with E-state index in [2.05, 4.69) is 10.7 Å². The molecule has 0 aliphatic rings. The van der Waals surface area contributed by atoms with Gasteiger partial charge in [-0.25, -0.2) is 0 Å². The third-order valence-electron chi connectivity index (χ3n) is 0.238. The Morgan fingerprint density at radius 1 is 1.30 bits per heavy atom. The van der Waals surface area contributed by atoms with Gasteiger partial charge in [0.15, 0.2) is 0 Å². The van der Waals surface area contributed by atoms with Gasteiger partial charge in [0, 0.05) is 10.7 Å². The Bertz CT molecular complexity index is 185. The summed E-state index contributed by atoms with van der Waals surface area (Å²) >= 11 is 0. The molecule has 0 aromatic rings. The smallest absolute Gasteiger partial charge is 0.195 e. The lowest BCUT2D eigenvalue weighted by molar-refractivity contribution is -0.137. The lowest BCUT2D eigenvalue weighted by atomic mass is 11.3. The Hall–Kier alpha value is 0.280. The monoisotopic (exact) mass is 219 g/mol. The second-order valence-electron chi connectivity index (χ2n) is 1.04. The Balaban J connectivity index is 0. The van der Waals surface area contributed by atoms with Crippen LogP contribution in [0.5, 0.6) is 0 Å². The molecule has 0 spiro atoms. The zero-order valence-corrected chi connectivity index (χ0v) is 6.53. The lowest BCUT2D eigenvalue weighted by Gasteiger charge is -2.02. The first kappa shape index (κ1) is 12.9. The molecule has 0 saturated carbocycles. The van der Waals surface area contributed by atoms with E-state index in [0.717, 1.165) is 0 Å². The SMILES string of the molecule is Cl.O=S(=O)(Cl)NC(F)(F)F. The molecule has 0 heterocycles. The van der Waals surface area contributed by atoms with Crippen molar-refractivity contribution >= 4 is 32.3 Å². The van der Waals surface area contributed by atoms with Crippen molar-refractivity contribution in [3.63, 3.8) is 0 Å². The van der Waals surface area contributed by atoms with Crippen molar-refractivity contribution in [3.8, 4) is 0 Å². The van der Waals surface area contributed by atoms with Crippen LogP contribution in [0.25, 0.3) is 0 Å². The van der Waals surface area contributed by atoms with E-state index in [0.29, 0.717) is 0 Å². The highest BCUT2D eigenvalue weighted by atomic mass is 35.7. The second kappa shape index (κ2) is 3.61. The van der Waals surface area contributed by atoms with Crippen LogP contribution in [0.2, 0.25) is 0 Å². The second-order valence-corrected chi connectivity index (χ2v) is 3.34. The van der Waals surface area contributed by atoms with Crippen LogP contribution in [0.15, 0.2) is 0 Å². The van der Waals surface area contributed by atoms with Crippen molar-refractivity contribution in [1.82, 2.24) is 4.72 Å². The maximum Gasteiger partial charge on any atom is 0.471 e.